The maximum Gasteiger partial charge on any atom is 0.490 e. The Morgan fingerprint density at radius 2 is 1.50 bits per heavy atom. The van der Waals surface area contributed by atoms with Crippen LogP contribution in [0.3, 0.4) is 0 Å². The molecule has 0 radical (unpaired) electrons. The molecule has 0 bridgehead atoms. The summed E-state index contributed by atoms with van der Waals surface area (Å²) in [6.45, 7) is 2.05. The number of guanidine groups is 2. The first-order valence-corrected chi connectivity index (χ1v) is 15.5. The summed E-state index contributed by atoms with van der Waals surface area (Å²) in [6.07, 6.45) is -5.21. The number of nitrogens with two attached hydrogens (primary N) is 5. The van der Waals surface area contributed by atoms with Crippen molar-refractivity contribution in [1.29, 1.82) is 0 Å². The summed E-state index contributed by atoms with van der Waals surface area (Å²) in [7, 11) is 0. The third-order valence-corrected chi connectivity index (χ3v) is 7.01. The van der Waals surface area contributed by atoms with E-state index in [0.29, 0.717) is 23.8 Å². The van der Waals surface area contributed by atoms with Crippen LogP contribution in [0, 0.1) is 6.92 Å². The van der Waals surface area contributed by atoms with Crippen LogP contribution in [0.15, 0.2) is 73.8 Å². The van der Waals surface area contributed by atoms with Crippen LogP contribution in [0.5, 0.6) is 0 Å². The van der Waals surface area contributed by atoms with E-state index in [9.17, 15) is 32.3 Å². The first kappa shape index (κ1) is 41.8. The summed E-state index contributed by atoms with van der Waals surface area (Å²) in [5.74, 6) is -4.50. The second kappa shape index (κ2) is 19.7. The number of benzene rings is 2. The summed E-state index contributed by atoms with van der Waals surface area (Å²) in [6, 6.07) is 12.7. The van der Waals surface area contributed by atoms with Crippen molar-refractivity contribution in [3.05, 3.63) is 76.1 Å². The minimum atomic E-state index is -5.08. The number of aryl methyl sites for hydroxylation is 1. The number of carbonyl (C=O) groups excluding carboxylic acids is 3. The fourth-order valence-electron chi connectivity index (χ4n) is 4.65. The number of carbonyl (C=O) groups is 4. The van der Waals surface area contributed by atoms with Gasteiger partial charge in [0.05, 0.1) is 0 Å². The normalized spacial score (nSPS) is 11.9. The van der Waals surface area contributed by atoms with Crippen molar-refractivity contribution in [2.45, 2.75) is 57.5 Å². The zero-order valence-electron chi connectivity index (χ0n) is 28.0. The van der Waals surface area contributed by atoms with Crippen molar-refractivity contribution in [2.24, 2.45) is 38.7 Å². The van der Waals surface area contributed by atoms with Crippen LogP contribution < -0.4 is 44.5 Å². The van der Waals surface area contributed by atoms with Gasteiger partial charge in [0.1, 0.15) is 24.3 Å². The van der Waals surface area contributed by atoms with Crippen LogP contribution in [0.4, 0.5) is 23.7 Å². The summed E-state index contributed by atoms with van der Waals surface area (Å²) >= 11 is 0. The topological polar surface area (TPSA) is 298 Å². The molecule has 0 spiro atoms. The number of fused-ring (bicyclic) bond motifs is 1. The predicted octanol–water partition coefficient (Wildman–Crippen LogP) is 1.32. The maximum absolute atomic E-state index is 14.3. The van der Waals surface area contributed by atoms with Gasteiger partial charge in [-0.15, -0.1) is 0 Å². The van der Waals surface area contributed by atoms with Gasteiger partial charge in [-0.1, -0.05) is 30.3 Å². The number of rotatable bonds is 15. The quantitative estimate of drug-likeness (QED) is 0.0503. The maximum atomic E-state index is 14.3. The molecule has 2 aromatic carbocycles. The van der Waals surface area contributed by atoms with Crippen LogP contribution in [0.2, 0.25) is 0 Å². The molecule has 282 valence electrons. The monoisotopic (exact) mass is 735 g/mol. The van der Waals surface area contributed by atoms with E-state index in [0.717, 1.165) is 5.56 Å². The van der Waals surface area contributed by atoms with E-state index in [-0.39, 0.29) is 55.7 Å². The number of carboxylic acids is 1. The van der Waals surface area contributed by atoms with Crippen LogP contribution in [0.1, 0.15) is 36.8 Å². The number of alkyl halides is 3. The van der Waals surface area contributed by atoms with E-state index in [1.807, 2.05) is 6.07 Å². The molecule has 3 aromatic rings. The minimum absolute atomic E-state index is 0.0386. The number of carboxylic acid groups (broad SMARTS) is 1. The lowest BCUT2D eigenvalue weighted by Gasteiger charge is -2.33. The van der Waals surface area contributed by atoms with Gasteiger partial charge in [0.25, 0.3) is 0 Å². The highest BCUT2D eigenvalue weighted by atomic mass is 19.4. The SMILES string of the molecule is Cc1cc(=O)oc2cc(N(C(=O)[C@H](CCCN=C(N)N)NC(=O)OCc3ccccc3)[C@@H](CCCN=C(N)N)C(N)=O)ccc12.O=C(O)C(F)(F)F. The largest absolute Gasteiger partial charge is 0.490 e. The van der Waals surface area contributed by atoms with Gasteiger partial charge in [0, 0.05) is 36.3 Å². The standard InChI is InChI=1S/C30H39N9O6.C2HF3O2/c1-18-15-25(40)45-24-16-20(11-12-21(18)24)39(23(26(31)41)10-6-14-37-29(34)35)27(42)22(9-5-13-36-28(32)33)38-30(43)44-17-19-7-3-2-4-8-19;3-2(4,5)1(6)7/h2-4,7-8,11-12,15-16,22-23H,5-6,9-10,13-14,17H2,1H3,(H2,31,41)(H,38,43)(H4,32,33,36)(H4,34,35,37);(H,6,7)/t22-,23-;/m0./s1. The lowest BCUT2D eigenvalue weighted by molar-refractivity contribution is -0.192. The predicted molar refractivity (Wildman–Crippen MR) is 185 cm³/mol. The van der Waals surface area contributed by atoms with E-state index in [2.05, 4.69) is 15.3 Å². The molecular formula is C32H40F3N9O8. The summed E-state index contributed by atoms with van der Waals surface area (Å²) in [5.41, 5.74) is 28.8. The molecule has 52 heavy (non-hydrogen) atoms. The number of hydrogen-bond acceptors (Lipinski definition) is 9. The molecule has 0 fully saturated rings. The second-order valence-electron chi connectivity index (χ2n) is 11.0. The van der Waals surface area contributed by atoms with Crippen LogP contribution in [-0.2, 0) is 25.7 Å². The highest BCUT2D eigenvalue weighted by Crippen LogP contribution is 2.27. The van der Waals surface area contributed by atoms with Crippen molar-refractivity contribution in [1.82, 2.24) is 5.32 Å². The van der Waals surface area contributed by atoms with Crippen molar-refractivity contribution in [2.75, 3.05) is 18.0 Å². The number of halogens is 3. The Morgan fingerprint density at radius 3 is 2.04 bits per heavy atom. The first-order valence-electron chi connectivity index (χ1n) is 15.5. The number of hydrogen-bond donors (Lipinski definition) is 7. The minimum Gasteiger partial charge on any atom is -0.475 e. The van der Waals surface area contributed by atoms with Gasteiger partial charge in [-0.3, -0.25) is 24.5 Å². The number of nitrogens with one attached hydrogen (secondary N) is 1. The first-order chi connectivity index (χ1) is 24.4. The third kappa shape index (κ3) is 13.9. The van der Waals surface area contributed by atoms with Crippen molar-refractivity contribution >= 4 is 52.5 Å². The van der Waals surface area contributed by atoms with Crippen LogP contribution in [-0.4, -0.2) is 72.3 Å². The molecule has 0 unspecified atom stereocenters. The number of primary amides is 1. The Balaban J connectivity index is 0.00000121. The Kier molecular flexibility index (Phi) is 15.9. The molecule has 0 aliphatic rings. The van der Waals surface area contributed by atoms with Gasteiger partial charge in [0.15, 0.2) is 11.9 Å². The fourth-order valence-corrected chi connectivity index (χ4v) is 4.65. The highest BCUT2D eigenvalue weighted by molar-refractivity contribution is 6.05. The summed E-state index contributed by atoms with van der Waals surface area (Å²) in [4.78, 5) is 70.2. The number of aliphatic imine (C=N–C) groups is 2. The number of nitrogens with zero attached hydrogens (tertiary/aromatic N) is 3. The van der Waals surface area contributed by atoms with E-state index >= 15 is 0 Å². The van der Waals surface area contributed by atoms with Gasteiger partial charge in [-0.2, -0.15) is 13.2 Å². The fraction of sp³-hybridized carbons (Fsp3) is 0.344. The number of aliphatic carboxylic acids is 1. The van der Waals surface area contributed by atoms with E-state index in [4.69, 9.17) is 47.7 Å². The van der Waals surface area contributed by atoms with Crippen LogP contribution >= 0.6 is 0 Å². The molecule has 0 saturated heterocycles. The Labute approximate surface area is 294 Å². The molecule has 3 amide bonds. The third-order valence-electron chi connectivity index (χ3n) is 7.01. The number of amides is 3. The number of anilines is 1. The molecule has 1 heterocycles. The van der Waals surface area contributed by atoms with Crippen molar-refractivity contribution in [3.8, 4) is 0 Å². The van der Waals surface area contributed by atoms with Crippen LogP contribution in [0.25, 0.3) is 11.0 Å². The second-order valence-corrected chi connectivity index (χ2v) is 11.0. The van der Waals surface area contributed by atoms with Crippen molar-refractivity contribution in [3.63, 3.8) is 0 Å². The lowest BCUT2D eigenvalue weighted by Crippen LogP contribution is -2.55. The van der Waals surface area contributed by atoms with E-state index < -0.39 is 47.8 Å². The van der Waals surface area contributed by atoms with E-state index in [1.165, 1.54) is 17.0 Å². The molecule has 0 saturated carbocycles. The van der Waals surface area contributed by atoms with Gasteiger partial charge in [0.2, 0.25) is 11.8 Å². The molecule has 0 aliphatic carbocycles. The molecule has 1 aromatic heterocycles. The molecule has 3 rings (SSSR count). The summed E-state index contributed by atoms with van der Waals surface area (Å²) in [5, 5.41) is 10.4. The molecule has 2 atom stereocenters. The zero-order valence-corrected chi connectivity index (χ0v) is 28.0. The average Bonchev–Trinajstić information content (AvgIpc) is 3.06. The molecule has 12 N–H and O–H groups in total. The Hall–Kier alpha value is -6.34. The number of alkyl carbamates (subject to hydrolysis) is 1. The summed E-state index contributed by atoms with van der Waals surface area (Å²) < 4.78 is 42.5. The van der Waals surface area contributed by atoms with Gasteiger partial charge in [-0.25, -0.2) is 14.4 Å². The lowest BCUT2D eigenvalue weighted by atomic mass is 10.0. The Morgan fingerprint density at radius 1 is 0.923 bits per heavy atom. The number of ether oxygens (including phenoxy) is 1. The van der Waals surface area contributed by atoms with Gasteiger partial charge >= 0.3 is 23.9 Å². The molecule has 0 aliphatic heterocycles. The zero-order chi connectivity index (χ0) is 39.0. The van der Waals surface area contributed by atoms with Gasteiger partial charge in [-0.05, 0) is 55.9 Å². The molecule has 17 nitrogen and oxygen atoms in total. The van der Waals surface area contributed by atoms with Gasteiger partial charge < -0.3 is 48.2 Å². The smallest absolute Gasteiger partial charge is 0.475 e. The highest BCUT2D eigenvalue weighted by Gasteiger charge is 2.38. The average molecular weight is 736 g/mol. The van der Waals surface area contributed by atoms with E-state index in [1.54, 1.807) is 43.3 Å². The van der Waals surface area contributed by atoms with Crippen molar-refractivity contribution < 1.29 is 46.6 Å². The Bertz CT molecular complexity index is 1810. The molecule has 20 heteroatoms. The molecular weight excluding hydrogens is 695 g/mol.